The Morgan fingerprint density at radius 3 is 2.67 bits per heavy atom. The van der Waals surface area contributed by atoms with Crippen LogP contribution < -0.4 is 10.6 Å². The molecule has 202 valence electrons. The molecule has 2 aliphatic heterocycles. The summed E-state index contributed by atoms with van der Waals surface area (Å²) in [5.74, 6) is 6.77. The molecule has 0 aliphatic carbocycles. The van der Waals surface area contributed by atoms with Crippen molar-refractivity contribution in [3.8, 4) is 17.9 Å². The van der Waals surface area contributed by atoms with Crippen LogP contribution >= 0.6 is 0 Å². The summed E-state index contributed by atoms with van der Waals surface area (Å²) in [7, 11) is 0. The minimum Gasteiger partial charge on any atom is -0.373 e. The molecule has 2 fully saturated rings. The average molecular weight is 525 g/mol. The Morgan fingerprint density at radius 1 is 1.21 bits per heavy atom. The first-order valence-electron chi connectivity index (χ1n) is 13.7. The van der Waals surface area contributed by atoms with Crippen molar-refractivity contribution >= 4 is 22.5 Å². The molecule has 0 bridgehead atoms. The van der Waals surface area contributed by atoms with Crippen LogP contribution in [0.3, 0.4) is 0 Å². The largest absolute Gasteiger partial charge is 0.373 e. The zero-order valence-corrected chi connectivity index (χ0v) is 23.0. The Bertz CT molecular complexity index is 1430. The number of aromatic nitrogens is 2. The number of nitrogens with one attached hydrogen (secondary N) is 2. The number of rotatable bonds is 8. The Morgan fingerprint density at radius 2 is 2.00 bits per heavy atom. The maximum atomic E-state index is 11.6. The number of pyridine rings is 1. The van der Waals surface area contributed by atoms with Crippen molar-refractivity contribution in [3.05, 3.63) is 59.5 Å². The number of epoxide rings is 1. The lowest BCUT2D eigenvalue weighted by Gasteiger charge is -2.31. The van der Waals surface area contributed by atoms with Gasteiger partial charge in [-0.05, 0) is 68.5 Å². The number of carbonyl (C=O) groups is 1. The van der Waals surface area contributed by atoms with Gasteiger partial charge in [-0.25, -0.2) is 0 Å². The molecule has 8 nitrogen and oxygen atoms in total. The minimum atomic E-state index is -0.610. The van der Waals surface area contributed by atoms with E-state index in [0.717, 1.165) is 62.7 Å². The van der Waals surface area contributed by atoms with E-state index in [1.807, 2.05) is 30.9 Å². The van der Waals surface area contributed by atoms with E-state index in [1.165, 1.54) is 16.5 Å². The summed E-state index contributed by atoms with van der Waals surface area (Å²) in [6.45, 7) is 9.92. The number of anilines is 1. The lowest BCUT2D eigenvalue weighted by molar-refractivity contribution is -0.129. The summed E-state index contributed by atoms with van der Waals surface area (Å²) in [5.41, 5.74) is 4.41. The normalized spacial score (nSPS) is 17.4. The standard InChI is InChI=1S/C31H36N6O2/c1-22(38)36-13-10-25(11-14-36)34-17-23-6-8-29-24(15-23)16-27(37(29)19-28-20-39-28)5-4-12-33-26-7-9-30(35-18-26)31(2,3)21-32/h6-9,15-16,18,25,28,33-34H,10-14,17,19-20H2,1-3H3. The maximum absolute atomic E-state index is 11.6. The molecule has 2 aliphatic rings. The highest BCUT2D eigenvalue weighted by Gasteiger charge is 2.25. The molecular weight excluding hydrogens is 488 g/mol. The van der Waals surface area contributed by atoms with Crippen LogP contribution in [0.2, 0.25) is 0 Å². The predicted octanol–water partition coefficient (Wildman–Crippen LogP) is 3.80. The quantitative estimate of drug-likeness (QED) is 0.344. The van der Waals surface area contributed by atoms with Crippen LogP contribution in [0.4, 0.5) is 5.69 Å². The summed E-state index contributed by atoms with van der Waals surface area (Å²) >= 11 is 0. The Labute approximate surface area is 230 Å². The van der Waals surface area contributed by atoms with Crippen molar-refractivity contribution < 1.29 is 9.53 Å². The van der Waals surface area contributed by atoms with Gasteiger partial charge in [-0.1, -0.05) is 12.0 Å². The van der Waals surface area contributed by atoms with E-state index in [4.69, 9.17) is 4.74 Å². The number of fused-ring (bicyclic) bond motifs is 1. The molecule has 1 unspecified atom stereocenters. The lowest BCUT2D eigenvalue weighted by Crippen LogP contribution is -2.43. The number of benzene rings is 1. The highest BCUT2D eigenvalue weighted by atomic mass is 16.6. The van der Waals surface area contributed by atoms with Crippen LogP contribution in [0.1, 0.15) is 50.6 Å². The molecule has 3 aromatic rings. The first-order chi connectivity index (χ1) is 18.8. The molecule has 2 aromatic heterocycles. The zero-order valence-electron chi connectivity index (χ0n) is 23.0. The second-order valence-corrected chi connectivity index (χ2v) is 11.0. The number of amides is 1. The van der Waals surface area contributed by atoms with Gasteiger partial charge in [-0.15, -0.1) is 0 Å². The molecule has 8 heteroatoms. The van der Waals surface area contributed by atoms with E-state index in [0.29, 0.717) is 12.6 Å². The van der Waals surface area contributed by atoms with Gasteiger partial charge in [0, 0.05) is 43.5 Å². The van der Waals surface area contributed by atoms with Gasteiger partial charge in [0.2, 0.25) is 5.91 Å². The van der Waals surface area contributed by atoms with Crippen molar-refractivity contribution in [2.24, 2.45) is 0 Å². The molecule has 5 rings (SSSR count). The molecule has 1 atom stereocenters. The van der Waals surface area contributed by atoms with Crippen molar-refractivity contribution in [2.75, 3.05) is 31.6 Å². The van der Waals surface area contributed by atoms with Crippen molar-refractivity contribution in [1.82, 2.24) is 19.8 Å². The predicted molar refractivity (Wildman–Crippen MR) is 152 cm³/mol. The van der Waals surface area contributed by atoms with Gasteiger partial charge in [0.15, 0.2) is 0 Å². The van der Waals surface area contributed by atoms with Crippen molar-refractivity contribution in [2.45, 2.75) is 64.3 Å². The van der Waals surface area contributed by atoms with Crippen LogP contribution in [-0.4, -0.2) is 58.7 Å². The summed E-state index contributed by atoms with van der Waals surface area (Å²) < 4.78 is 7.78. The first-order valence-corrected chi connectivity index (χ1v) is 13.7. The number of carbonyl (C=O) groups excluding carboxylic acids is 1. The van der Waals surface area contributed by atoms with E-state index in [-0.39, 0.29) is 12.0 Å². The number of ether oxygens (including phenoxy) is 1. The van der Waals surface area contributed by atoms with E-state index >= 15 is 0 Å². The maximum Gasteiger partial charge on any atom is 0.219 e. The Hall–Kier alpha value is -3.85. The third kappa shape index (κ3) is 6.60. The van der Waals surface area contributed by atoms with Crippen LogP contribution in [-0.2, 0) is 28.0 Å². The molecule has 4 heterocycles. The summed E-state index contributed by atoms with van der Waals surface area (Å²) in [6, 6.07) is 15.3. The van der Waals surface area contributed by atoms with Gasteiger partial charge in [-0.3, -0.25) is 9.78 Å². The molecule has 0 radical (unpaired) electrons. The third-order valence-electron chi connectivity index (χ3n) is 7.57. The Kier molecular flexibility index (Phi) is 7.88. The third-order valence-corrected chi connectivity index (χ3v) is 7.57. The zero-order chi connectivity index (χ0) is 27.4. The second kappa shape index (κ2) is 11.5. The summed E-state index contributed by atoms with van der Waals surface area (Å²) in [6.07, 6.45) is 3.99. The van der Waals surface area contributed by atoms with Crippen LogP contribution in [0, 0.1) is 23.2 Å². The van der Waals surface area contributed by atoms with Crippen molar-refractivity contribution in [3.63, 3.8) is 0 Å². The first kappa shape index (κ1) is 26.7. The highest BCUT2D eigenvalue weighted by Crippen LogP contribution is 2.25. The van der Waals surface area contributed by atoms with Crippen molar-refractivity contribution in [1.29, 1.82) is 5.26 Å². The topological polar surface area (TPSA) is 98.5 Å². The molecular formula is C31H36N6O2. The van der Waals surface area contributed by atoms with Gasteiger partial charge in [-0.2, -0.15) is 5.26 Å². The monoisotopic (exact) mass is 524 g/mol. The number of hydrogen-bond acceptors (Lipinski definition) is 6. The van der Waals surface area contributed by atoms with Gasteiger partial charge < -0.3 is 24.8 Å². The fourth-order valence-corrected chi connectivity index (χ4v) is 4.97. The average Bonchev–Trinajstić information content (AvgIpc) is 3.71. The molecule has 2 saturated heterocycles. The van der Waals surface area contributed by atoms with Crippen LogP contribution in [0.15, 0.2) is 42.6 Å². The number of nitrogens with zero attached hydrogens (tertiary/aromatic N) is 4. The molecule has 2 N–H and O–H groups in total. The fraction of sp³-hybridized carbons (Fsp3) is 0.452. The van der Waals surface area contributed by atoms with Crippen LogP contribution in [0.5, 0.6) is 0 Å². The SMILES string of the molecule is CC(=O)N1CCC(NCc2ccc3c(c2)cc(C#CCNc2ccc(C(C)(C)C#N)nc2)n3CC2CO2)CC1. The summed E-state index contributed by atoms with van der Waals surface area (Å²) in [4.78, 5) is 17.9. The van der Waals surface area contributed by atoms with Gasteiger partial charge in [0.1, 0.15) is 0 Å². The van der Waals surface area contributed by atoms with Gasteiger partial charge in [0.25, 0.3) is 0 Å². The number of piperidine rings is 1. The molecule has 1 aromatic carbocycles. The van der Waals surface area contributed by atoms with E-state index in [9.17, 15) is 10.1 Å². The number of nitriles is 1. The highest BCUT2D eigenvalue weighted by molar-refractivity contribution is 5.83. The second-order valence-electron chi connectivity index (χ2n) is 11.0. The number of likely N-dealkylation sites (tertiary alicyclic amines) is 1. The van der Waals surface area contributed by atoms with Gasteiger partial charge in [0.05, 0.1) is 60.6 Å². The molecule has 0 spiro atoms. The minimum absolute atomic E-state index is 0.168. The Balaban J connectivity index is 1.23. The fourth-order valence-electron chi connectivity index (χ4n) is 4.97. The smallest absolute Gasteiger partial charge is 0.219 e. The van der Waals surface area contributed by atoms with E-state index in [1.54, 1.807) is 13.1 Å². The van der Waals surface area contributed by atoms with E-state index in [2.05, 4.69) is 62.4 Å². The van der Waals surface area contributed by atoms with Gasteiger partial charge >= 0.3 is 0 Å². The molecule has 39 heavy (non-hydrogen) atoms. The van der Waals surface area contributed by atoms with E-state index < -0.39 is 5.41 Å². The molecule has 1 amide bonds. The molecule has 0 saturated carbocycles. The number of hydrogen-bond donors (Lipinski definition) is 2. The lowest BCUT2D eigenvalue weighted by atomic mass is 9.91. The van der Waals surface area contributed by atoms with Crippen LogP contribution in [0.25, 0.3) is 10.9 Å². The summed E-state index contributed by atoms with van der Waals surface area (Å²) in [5, 5.41) is 17.5.